The summed E-state index contributed by atoms with van der Waals surface area (Å²) in [6.45, 7) is 3.91. The molecule has 0 aliphatic heterocycles. The van der Waals surface area contributed by atoms with Gasteiger partial charge in [0, 0.05) is 12.4 Å². The number of carbonyl (C=O) groups is 1. The van der Waals surface area contributed by atoms with E-state index in [0.717, 1.165) is 11.0 Å². The van der Waals surface area contributed by atoms with Gasteiger partial charge in [-0.3, -0.25) is 4.79 Å². The van der Waals surface area contributed by atoms with Gasteiger partial charge >= 0.3 is 0 Å². The first-order chi connectivity index (χ1) is 10.9. The normalized spacial score (nSPS) is 11.8. The Morgan fingerprint density at radius 3 is 2.78 bits per heavy atom. The maximum atomic E-state index is 12.6. The van der Waals surface area contributed by atoms with Crippen molar-refractivity contribution in [3.63, 3.8) is 0 Å². The lowest BCUT2D eigenvalue weighted by molar-refractivity contribution is 0.0773. The highest BCUT2D eigenvalue weighted by Gasteiger charge is 2.28. The van der Waals surface area contributed by atoms with Gasteiger partial charge in [0.15, 0.2) is 0 Å². The lowest BCUT2D eigenvalue weighted by Crippen LogP contribution is -2.34. The molecule has 0 radical (unpaired) electrons. The number of carbonyl (C=O) groups excluding carboxylic acids is 1. The van der Waals surface area contributed by atoms with Crippen LogP contribution >= 0.6 is 0 Å². The molecule has 6 heteroatoms. The highest BCUT2D eigenvalue weighted by Crippen LogP contribution is 2.23. The molecule has 2 aromatic heterocycles. The molecule has 0 aliphatic rings. The molecule has 0 aliphatic carbocycles. The minimum atomic E-state index is -0.752. The summed E-state index contributed by atoms with van der Waals surface area (Å²) in [6, 6.07) is 9.66. The zero-order valence-corrected chi connectivity index (χ0v) is 13.4. The minimum absolute atomic E-state index is 0.208. The topological polar surface area (TPSA) is 85.5 Å². The molecule has 120 valence electrons. The molecule has 3 rings (SSSR count). The fourth-order valence-corrected chi connectivity index (χ4v) is 2.48. The summed E-state index contributed by atoms with van der Waals surface area (Å²) in [4.78, 5) is 14.2. The van der Waals surface area contributed by atoms with E-state index in [1.807, 2.05) is 30.3 Å². The first kappa shape index (κ1) is 15.3. The fraction of sp³-hybridized carbons (Fsp3) is 0.294. The SMILES string of the molecule is CN(Cc1cc2ccccc2o1)C(=O)c1conc1C(C)(C)N. The van der Waals surface area contributed by atoms with E-state index in [-0.39, 0.29) is 5.91 Å². The van der Waals surface area contributed by atoms with Crippen LogP contribution in [-0.4, -0.2) is 23.0 Å². The predicted octanol–water partition coefficient (Wildman–Crippen LogP) is 2.89. The van der Waals surface area contributed by atoms with Crippen molar-refractivity contribution in [3.05, 3.63) is 53.6 Å². The maximum absolute atomic E-state index is 12.6. The number of fused-ring (bicyclic) bond motifs is 1. The fourth-order valence-electron chi connectivity index (χ4n) is 2.48. The lowest BCUT2D eigenvalue weighted by atomic mass is 9.98. The van der Waals surface area contributed by atoms with Crippen molar-refractivity contribution >= 4 is 16.9 Å². The second kappa shape index (κ2) is 5.55. The van der Waals surface area contributed by atoms with Crippen LogP contribution in [0.3, 0.4) is 0 Å². The van der Waals surface area contributed by atoms with E-state index < -0.39 is 5.54 Å². The van der Waals surface area contributed by atoms with Crippen molar-refractivity contribution in [3.8, 4) is 0 Å². The third-order valence-electron chi connectivity index (χ3n) is 3.63. The zero-order chi connectivity index (χ0) is 16.6. The van der Waals surface area contributed by atoms with Crippen LogP contribution in [0.15, 0.2) is 45.5 Å². The number of para-hydroxylation sites is 1. The standard InChI is InChI=1S/C17H19N3O3/c1-17(2,18)15-13(10-22-19-15)16(21)20(3)9-12-8-11-6-4-5-7-14(11)23-12/h4-8,10H,9,18H2,1-3H3. The molecular formula is C17H19N3O3. The number of amides is 1. The Morgan fingerprint density at radius 2 is 2.09 bits per heavy atom. The van der Waals surface area contributed by atoms with Crippen molar-refractivity contribution in [2.45, 2.75) is 25.9 Å². The summed E-state index contributed by atoms with van der Waals surface area (Å²) in [6.07, 6.45) is 1.33. The van der Waals surface area contributed by atoms with Gasteiger partial charge in [0.2, 0.25) is 0 Å². The van der Waals surface area contributed by atoms with Crippen LogP contribution in [0.4, 0.5) is 0 Å². The van der Waals surface area contributed by atoms with Crippen LogP contribution in [0, 0.1) is 0 Å². The largest absolute Gasteiger partial charge is 0.459 e. The summed E-state index contributed by atoms with van der Waals surface area (Å²) in [5, 5.41) is 4.87. The number of hydrogen-bond acceptors (Lipinski definition) is 5. The summed E-state index contributed by atoms with van der Waals surface area (Å²) in [7, 11) is 1.70. The molecule has 0 atom stereocenters. The molecule has 0 saturated carbocycles. The minimum Gasteiger partial charge on any atom is -0.459 e. The molecule has 3 aromatic rings. The Balaban J connectivity index is 1.81. The van der Waals surface area contributed by atoms with Gasteiger partial charge in [-0.05, 0) is 26.0 Å². The monoisotopic (exact) mass is 313 g/mol. The molecule has 0 spiro atoms. The van der Waals surface area contributed by atoms with E-state index in [2.05, 4.69) is 5.16 Å². The zero-order valence-electron chi connectivity index (χ0n) is 13.4. The van der Waals surface area contributed by atoms with Gasteiger partial charge in [-0.15, -0.1) is 0 Å². The van der Waals surface area contributed by atoms with Crippen LogP contribution in [0.25, 0.3) is 11.0 Å². The second-order valence-electron chi connectivity index (χ2n) is 6.21. The Kier molecular flexibility index (Phi) is 3.69. The van der Waals surface area contributed by atoms with E-state index >= 15 is 0 Å². The molecule has 0 saturated heterocycles. The van der Waals surface area contributed by atoms with E-state index in [1.165, 1.54) is 6.26 Å². The van der Waals surface area contributed by atoms with Crippen molar-refractivity contribution in [2.24, 2.45) is 5.73 Å². The Bertz CT molecular complexity index is 809. The van der Waals surface area contributed by atoms with Gasteiger partial charge in [0.25, 0.3) is 5.91 Å². The lowest BCUT2D eigenvalue weighted by Gasteiger charge is -2.19. The molecule has 1 aromatic carbocycles. The van der Waals surface area contributed by atoms with E-state index in [1.54, 1.807) is 25.8 Å². The van der Waals surface area contributed by atoms with Crippen LogP contribution < -0.4 is 5.73 Å². The number of furan rings is 1. The van der Waals surface area contributed by atoms with Crippen LogP contribution in [-0.2, 0) is 12.1 Å². The highest BCUT2D eigenvalue weighted by atomic mass is 16.5. The first-order valence-corrected chi connectivity index (χ1v) is 7.33. The Hall–Kier alpha value is -2.60. The number of hydrogen-bond donors (Lipinski definition) is 1. The highest BCUT2D eigenvalue weighted by molar-refractivity contribution is 5.95. The summed E-state index contributed by atoms with van der Waals surface area (Å²) in [5.74, 6) is 0.507. The van der Waals surface area contributed by atoms with Crippen molar-refractivity contribution in [1.29, 1.82) is 0 Å². The number of rotatable bonds is 4. The molecular weight excluding hydrogens is 294 g/mol. The molecule has 2 heterocycles. The van der Waals surface area contributed by atoms with Crippen molar-refractivity contribution in [2.75, 3.05) is 7.05 Å². The van der Waals surface area contributed by atoms with E-state index in [4.69, 9.17) is 14.7 Å². The van der Waals surface area contributed by atoms with Crippen LogP contribution in [0.5, 0.6) is 0 Å². The molecule has 23 heavy (non-hydrogen) atoms. The molecule has 0 bridgehead atoms. The first-order valence-electron chi connectivity index (χ1n) is 7.33. The second-order valence-corrected chi connectivity index (χ2v) is 6.21. The van der Waals surface area contributed by atoms with Gasteiger partial charge in [-0.25, -0.2) is 0 Å². The predicted molar refractivity (Wildman–Crippen MR) is 85.7 cm³/mol. The average Bonchev–Trinajstić information content (AvgIpc) is 3.11. The molecule has 1 amide bonds. The van der Waals surface area contributed by atoms with Gasteiger partial charge in [-0.2, -0.15) is 0 Å². The summed E-state index contributed by atoms with van der Waals surface area (Å²) in [5.41, 5.74) is 6.90. The number of nitrogens with zero attached hydrogens (tertiary/aromatic N) is 2. The quantitative estimate of drug-likeness (QED) is 0.800. The molecule has 0 fully saturated rings. The van der Waals surface area contributed by atoms with Crippen molar-refractivity contribution in [1.82, 2.24) is 10.1 Å². The molecule has 0 unspecified atom stereocenters. The Labute approximate surface area is 133 Å². The smallest absolute Gasteiger partial charge is 0.259 e. The third-order valence-corrected chi connectivity index (χ3v) is 3.63. The van der Waals surface area contributed by atoms with Gasteiger partial charge < -0.3 is 19.6 Å². The number of aromatic nitrogens is 1. The molecule has 2 N–H and O–H groups in total. The van der Waals surface area contributed by atoms with Gasteiger partial charge in [0.1, 0.15) is 28.9 Å². The maximum Gasteiger partial charge on any atom is 0.259 e. The van der Waals surface area contributed by atoms with E-state index in [9.17, 15) is 4.79 Å². The van der Waals surface area contributed by atoms with Gasteiger partial charge in [-0.1, -0.05) is 23.4 Å². The van der Waals surface area contributed by atoms with Gasteiger partial charge in [0.05, 0.1) is 12.1 Å². The van der Waals surface area contributed by atoms with Crippen LogP contribution in [0.1, 0.15) is 35.7 Å². The van der Waals surface area contributed by atoms with E-state index in [0.29, 0.717) is 23.6 Å². The summed E-state index contributed by atoms with van der Waals surface area (Å²) < 4.78 is 10.7. The molecule has 6 nitrogen and oxygen atoms in total. The third kappa shape index (κ3) is 2.98. The summed E-state index contributed by atoms with van der Waals surface area (Å²) >= 11 is 0. The Morgan fingerprint density at radius 1 is 1.35 bits per heavy atom. The average molecular weight is 313 g/mol. The van der Waals surface area contributed by atoms with Crippen molar-refractivity contribution < 1.29 is 13.7 Å². The number of benzene rings is 1. The van der Waals surface area contributed by atoms with Crippen LogP contribution in [0.2, 0.25) is 0 Å². The number of nitrogens with two attached hydrogens (primary N) is 1.